The number of benzene rings is 3. The Kier molecular flexibility index (Phi) is 8.15. The second kappa shape index (κ2) is 10.8. The molecule has 0 spiro atoms. The lowest BCUT2D eigenvalue weighted by molar-refractivity contribution is 0.174. The van der Waals surface area contributed by atoms with Crippen LogP contribution in [0.15, 0.2) is 54.6 Å². The first-order valence-corrected chi connectivity index (χ1v) is 10.2. The molecule has 0 aromatic heterocycles. The predicted octanol–water partition coefficient (Wildman–Crippen LogP) is 6.02. The van der Waals surface area contributed by atoms with Crippen molar-refractivity contribution in [2.24, 2.45) is 0 Å². The van der Waals surface area contributed by atoms with Crippen molar-refractivity contribution in [2.75, 3.05) is 13.9 Å². The highest BCUT2D eigenvalue weighted by Crippen LogP contribution is 2.33. The molecular formula is C23H22Cl3NO4. The number of rotatable bonds is 8. The van der Waals surface area contributed by atoms with Gasteiger partial charge in [0.1, 0.15) is 6.61 Å². The average Bonchev–Trinajstić information content (AvgIpc) is 3.23. The summed E-state index contributed by atoms with van der Waals surface area (Å²) in [5, 5.41) is 4.46. The van der Waals surface area contributed by atoms with E-state index in [4.69, 9.17) is 42.1 Å². The van der Waals surface area contributed by atoms with Crippen LogP contribution in [0.4, 0.5) is 0 Å². The third-order valence-corrected chi connectivity index (χ3v) is 5.44. The quantitative estimate of drug-likeness (QED) is 0.425. The topological polar surface area (TPSA) is 49.0 Å². The molecule has 0 amide bonds. The van der Waals surface area contributed by atoms with Crippen LogP contribution in [-0.4, -0.2) is 13.9 Å². The van der Waals surface area contributed by atoms with E-state index in [2.05, 4.69) is 5.32 Å². The summed E-state index contributed by atoms with van der Waals surface area (Å²) in [6, 6.07) is 17.3. The zero-order valence-corrected chi connectivity index (χ0v) is 19.2. The largest absolute Gasteiger partial charge is 0.493 e. The Morgan fingerprint density at radius 1 is 0.806 bits per heavy atom. The van der Waals surface area contributed by atoms with Crippen LogP contribution in [0.5, 0.6) is 23.0 Å². The van der Waals surface area contributed by atoms with Crippen molar-refractivity contribution in [1.29, 1.82) is 0 Å². The number of ether oxygens (including phenoxy) is 4. The third kappa shape index (κ3) is 5.89. The Morgan fingerprint density at radius 3 is 2.29 bits per heavy atom. The van der Waals surface area contributed by atoms with Gasteiger partial charge in [0.25, 0.3) is 0 Å². The van der Waals surface area contributed by atoms with Gasteiger partial charge in [-0.1, -0.05) is 41.4 Å². The Labute approximate surface area is 197 Å². The number of hydrogen-bond acceptors (Lipinski definition) is 5. The maximum absolute atomic E-state index is 6.06. The zero-order chi connectivity index (χ0) is 20.9. The Hall–Kier alpha value is -2.31. The smallest absolute Gasteiger partial charge is 0.231 e. The molecule has 5 nitrogen and oxygen atoms in total. The van der Waals surface area contributed by atoms with Gasteiger partial charge in [0.05, 0.1) is 17.2 Å². The van der Waals surface area contributed by atoms with Gasteiger partial charge in [-0.2, -0.15) is 0 Å². The fraction of sp³-hybridized carbons (Fsp3) is 0.217. The molecule has 1 aliphatic heterocycles. The minimum atomic E-state index is 0. The molecule has 0 saturated heterocycles. The van der Waals surface area contributed by atoms with Crippen LogP contribution >= 0.6 is 35.6 Å². The van der Waals surface area contributed by atoms with Gasteiger partial charge in [-0.15, -0.1) is 12.4 Å². The van der Waals surface area contributed by atoms with Crippen LogP contribution in [0.25, 0.3) is 0 Å². The number of hydrogen-bond donors (Lipinski definition) is 1. The number of fused-ring (bicyclic) bond motifs is 1. The first kappa shape index (κ1) is 23.4. The summed E-state index contributed by atoms with van der Waals surface area (Å²) in [6.07, 6.45) is 0. The fourth-order valence-electron chi connectivity index (χ4n) is 3.13. The highest BCUT2D eigenvalue weighted by molar-refractivity contribution is 6.42. The van der Waals surface area contributed by atoms with Gasteiger partial charge in [-0.25, -0.2) is 0 Å². The van der Waals surface area contributed by atoms with Crippen LogP contribution in [0.2, 0.25) is 10.0 Å². The lowest BCUT2D eigenvalue weighted by Crippen LogP contribution is -2.12. The van der Waals surface area contributed by atoms with Gasteiger partial charge in [0, 0.05) is 13.1 Å². The van der Waals surface area contributed by atoms with E-state index in [0.29, 0.717) is 41.2 Å². The van der Waals surface area contributed by atoms with Crippen molar-refractivity contribution in [3.05, 3.63) is 81.3 Å². The average molecular weight is 483 g/mol. The van der Waals surface area contributed by atoms with Crippen LogP contribution in [0, 0.1) is 0 Å². The fourth-order valence-corrected chi connectivity index (χ4v) is 3.45. The van der Waals surface area contributed by atoms with Gasteiger partial charge in [0.2, 0.25) is 6.79 Å². The van der Waals surface area contributed by atoms with E-state index in [1.54, 1.807) is 19.2 Å². The molecule has 0 saturated carbocycles. The van der Waals surface area contributed by atoms with Crippen molar-refractivity contribution in [2.45, 2.75) is 19.7 Å². The zero-order valence-electron chi connectivity index (χ0n) is 16.8. The maximum Gasteiger partial charge on any atom is 0.231 e. The van der Waals surface area contributed by atoms with Crippen molar-refractivity contribution in [3.8, 4) is 23.0 Å². The molecular weight excluding hydrogens is 461 g/mol. The second-order valence-electron chi connectivity index (χ2n) is 6.81. The normalized spacial score (nSPS) is 11.7. The summed E-state index contributed by atoms with van der Waals surface area (Å²) in [6.45, 7) is 2.06. The number of halogens is 3. The third-order valence-electron chi connectivity index (χ3n) is 4.70. The molecule has 0 aliphatic carbocycles. The number of nitrogens with one attached hydrogen (secondary N) is 1. The molecule has 1 aliphatic rings. The van der Waals surface area contributed by atoms with E-state index < -0.39 is 0 Å². The standard InChI is InChI=1S/C23H21Cl2NO4.ClH/c1-27-22-9-15(11-26-12-16-4-7-21-23(10-16)30-14-29-21)3-6-20(22)28-13-17-2-5-18(24)19(25)8-17;/h2-10,26H,11-14H2,1H3;1H. The molecule has 3 aromatic rings. The SMILES string of the molecule is COc1cc(CNCc2ccc3c(c2)OCO3)ccc1OCc1ccc(Cl)c(Cl)c1.Cl. The maximum atomic E-state index is 6.06. The van der Waals surface area contributed by atoms with E-state index in [-0.39, 0.29) is 19.2 Å². The minimum absolute atomic E-state index is 0. The van der Waals surface area contributed by atoms with Gasteiger partial charge in [0.15, 0.2) is 23.0 Å². The lowest BCUT2D eigenvalue weighted by atomic mass is 10.1. The molecule has 3 aromatic carbocycles. The molecule has 0 atom stereocenters. The van der Waals surface area contributed by atoms with E-state index in [1.807, 2.05) is 42.5 Å². The minimum Gasteiger partial charge on any atom is -0.493 e. The molecule has 0 fully saturated rings. The highest BCUT2D eigenvalue weighted by Gasteiger charge is 2.13. The molecule has 8 heteroatoms. The first-order chi connectivity index (χ1) is 14.6. The molecule has 31 heavy (non-hydrogen) atoms. The lowest BCUT2D eigenvalue weighted by Gasteiger charge is -2.13. The van der Waals surface area contributed by atoms with Gasteiger partial charge in [-0.05, 0) is 53.1 Å². The van der Waals surface area contributed by atoms with Crippen molar-refractivity contribution >= 4 is 35.6 Å². The summed E-state index contributed by atoms with van der Waals surface area (Å²) < 4.78 is 22.2. The van der Waals surface area contributed by atoms with Crippen LogP contribution < -0.4 is 24.3 Å². The van der Waals surface area contributed by atoms with Crippen molar-refractivity contribution < 1.29 is 18.9 Å². The molecule has 0 radical (unpaired) electrons. The highest BCUT2D eigenvalue weighted by atomic mass is 35.5. The molecule has 1 N–H and O–H groups in total. The molecule has 0 unspecified atom stereocenters. The second-order valence-corrected chi connectivity index (χ2v) is 7.63. The van der Waals surface area contributed by atoms with E-state index in [1.165, 1.54) is 0 Å². The van der Waals surface area contributed by atoms with Crippen molar-refractivity contribution in [3.63, 3.8) is 0 Å². The summed E-state index contributed by atoms with van der Waals surface area (Å²) in [5.74, 6) is 2.93. The summed E-state index contributed by atoms with van der Waals surface area (Å²) >= 11 is 12.0. The molecule has 4 rings (SSSR count). The summed E-state index contributed by atoms with van der Waals surface area (Å²) in [5.41, 5.74) is 3.16. The molecule has 164 valence electrons. The Bertz CT molecular complexity index is 1050. The van der Waals surface area contributed by atoms with Gasteiger partial charge < -0.3 is 24.3 Å². The molecule has 0 bridgehead atoms. The monoisotopic (exact) mass is 481 g/mol. The summed E-state index contributed by atoms with van der Waals surface area (Å²) in [7, 11) is 1.63. The predicted molar refractivity (Wildman–Crippen MR) is 124 cm³/mol. The first-order valence-electron chi connectivity index (χ1n) is 9.45. The van der Waals surface area contributed by atoms with Crippen LogP contribution in [0.3, 0.4) is 0 Å². The van der Waals surface area contributed by atoms with Gasteiger partial charge >= 0.3 is 0 Å². The summed E-state index contributed by atoms with van der Waals surface area (Å²) in [4.78, 5) is 0. The Balaban J connectivity index is 0.00000272. The number of methoxy groups -OCH3 is 1. The van der Waals surface area contributed by atoms with Crippen LogP contribution in [-0.2, 0) is 19.7 Å². The van der Waals surface area contributed by atoms with Crippen molar-refractivity contribution in [1.82, 2.24) is 5.32 Å². The van der Waals surface area contributed by atoms with E-state index in [9.17, 15) is 0 Å². The van der Waals surface area contributed by atoms with Gasteiger partial charge in [-0.3, -0.25) is 0 Å². The van der Waals surface area contributed by atoms with E-state index >= 15 is 0 Å². The molecule has 1 heterocycles. The Morgan fingerprint density at radius 2 is 1.52 bits per heavy atom. The van der Waals surface area contributed by atoms with E-state index in [0.717, 1.165) is 28.2 Å². The van der Waals surface area contributed by atoms with Crippen LogP contribution in [0.1, 0.15) is 16.7 Å².